The van der Waals surface area contributed by atoms with Gasteiger partial charge in [-0.2, -0.15) is 5.26 Å². The minimum Gasteiger partial charge on any atom is -0.493 e. The van der Waals surface area contributed by atoms with Crippen LogP contribution >= 0.6 is 0 Å². The van der Waals surface area contributed by atoms with Gasteiger partial charge in [0.15, 0.2) is 11.5 Å². The first-order valence-electron chi connectivity index (χ1n) is 8.74. The lowest BCUT2D eigenvalue weighted by Gasteiger charge is -2.14. The van der Waals surface area contributed by atoms with Gasteiger partial charge in [0.05, 0.1) is 20.4 Å². The number of nitriles is 1. The summed E-state index contributed by atoms with van der Waals surface area (Å²) in [5.41, 5.74) is -0.0237. The maximum Gasteiger partial charge on any atom is 0.272 e. The Bertz CT molecular complexity index is 1180. The monoisotopic (exact) mass is 408 g/mol. The number of anilines is 1. The first kappa shape index (κ1) is 20.5. The van der Waals surface area contributed by atoms with Gasteiger partial charge in [0.2, 0.25) is 5.91 Å². The molecule has 8 nitrogen and oxygen atoms in total. The van der Waals surface area contributed by atoms with Gasteiger partial charge in [0.25, 0.3) is 5.56 Å². The van der Waals surface area contributed by atoms with Crippen molar-refractivity contribution in [2.75, 3.05) is 19.5 Å². The second kappa shape index (κ2) is 8.87. The number of amides is 1. The molecule has 3 rings (SSSR count). The molecule has 0 saturated heterocycles. The average molecular weight is 408 g/mol. The quantitative estimate of drug-likeness (QED) is 0.672. The van der Waals surface area contributed by atoms with Crippen molar-refractivity contribution < 1.29 is 18.7 Å². The van der Waals surface area contributed by atoms with Gasteiger partial charge in [-0.15, -0.1) is 0 Å². The molecule has 0 bridgehead atoms. The Labute approximate surface area is 171 Å². The van der Waals surface area contributed by atoms with E-state index in [2.05, 4.69) is 10.3 Å². The maximum atomic E-state index is 13.3. The Morgan fingerprint density at radius 1 is 1.17 bits per heavy atom. The van der Waals surface area contributed by atoms with Crippen molar-refractivity contribution in [3.63, 3.8) is 0 Å². The normalized spacial score (nSPS) is 10.2. The number of nitrogens with one attached hydrogen (secondary N) is 1. The van der Waals surface area contributed by atoms with Crippen LogP contribution < -0.4 is 20.3 Å². The standard InChI is InChI=1S/C21H17FN4O4/c1-29-17-8-7-16(9-18(17)30-2)25-19(27)12-26-20(13-3-5-15(22)6-4-13)24-11-14(10-23)21(26)28/h3-9,11H,12H2,1-2H3,(H,25,27). The molecule has 1 amide bonds. The molecule has 9 heteroatoms. The fourth-order valence-corrected chi connectivity index (χ4v) is 2.80. The van der Waals surface area contributed by atoms with Gasteiger partial charge in [0.1, 0.15) is 29.8 Å². The maximum absolute atomic E-state index is 13.3. The van der Waals surface area contributed by atoms with E-state index in [9.17, 15) is 14.0 Å². The van der Waals surface area contributed by atoms with Crippen molar-refractivity contribution in [3.05, 3.63) is 70.4 Å². The number of ether oxygens (including phenoxy) is 2. The van der Waals surface area contributed by atoms with E-state index in [4.69, 9.17) is 14.7 Å². The lowest BCUT2D eigenvalue weighted by molar-refractivity contribution is -0.116. The number of hydrogen-bond acceptors (Lipinski definition) is 6. The van der Waals surface area contributed by atoms with Crippen LogP contribution in [0.2, 0.25) is 0 Å². The van der Waals surface area contributed by atoms with Gasteiger partial charge >= 0.3 is 0 Å². The fourth-order valence-electron chi connectivity index (χ4n) is 2.80. The molecule has 2 aromatic carbocycles. The van der Waals surface area contributed by atoms with E-state index in [-0.39, 0.29) is 11.4 Å². The Kier molecular flexibility index (Phi) is 6.08. The highest BCUT2D eigenvalue weighted by Gasteiger charge is 2.16. The van der Waals surface area contributed by atoms with Crippen LogP contribution in [0.25, 0.3) is 11.4 Å². The molecule has 0 fully saturated rings. The summed E-state index contributed by atoms with van der Waals surface area (Å²) in [4.78, 5) is 29.4. The molecule has 1 aromatic heterocycles. The van der Waals surface area contributed by atoms with Crippen molar-refractivity contribution in [2.45, 2.75) is 6.54 Å². The summed E-state index contributed by atoms with van der Waals surface area (Å²) < 4.78 is 24.7. The number of carbonyl (C=O) groups is 1. The highest BCUT2D eigenvalue weighted by atomic mass is 19.1. The second-order valence-corrected chi connectivity index (χ2v) is 6.12. The average Bonchev–Trinajstić information content (AvgIpc) is 2.75. The largest absolute Gasteiger partial charge is 0.493 e. The lowest BCUT2D eigenvalue weighted by atomic mass is 10.2. The Morgan fingerprint density at radius 2 is 1.87 bits per heavy atom. The fraction of sp³-hybridized carbons (Fsp3) is 0.143. The minimum absolute atomic E-state index is 0.140. The van der Waals surface area contributed by atoms with E-state index in [1.54, 1.807) is 24.3 Å². The van der Waals surface area contributed by atoms with E-state index < -0.39 is 23.8 Å². The number of hydrogen-bond donors (Lipinski definition) is 1. The van der Waals surface area contributed by atoms with Crippen LogP contribution in [0.5, 0.6) is 11.5 Å². The summed E-state index contributed by atoms with van der Waals surface area (Å²) in [5.74, 6) is 0.0855. The molecule has 0 saturated carbocycles. The third-order valence-corrected chi connectivity index (χ3v) is 4.24. The van der Waals surface area contributed by atoms with Gasteiger partial charge in [-0.1, -0.05) is 0 Å². The van der Waals surface area contributed by atoms with Gasteiger partial charge in [0, 0.05) is 17.3 Å². The van der Waals surface area contributed by atoms with Gasteiger partial charge in [-0.05, 0) is 36.4 Å². The highest BCUT2D eigenvalue weighted by Crippen LogP contribution is 2.29. The van der Waals surface area contributed by atoms with E-state index in [1.807, 2.05) is 0 Å². The second-order valence-electron chi connectivity index (χ2n) is 6.12. The third kappa shape index (κ3) is 4.28. The summed E-state index contributed by atoms with van der Waals surface area (Å²) in [6.07, 6.45) is 1.13. The molecule has 152 valence electrons. The van der Waals surface area contributed by atoms with Crippen LogP contribution in [-0.2, 0) is 11.3 Å². The molecule has 1 N–H and O–H groups in total. The number of nitrogens with zero attached hydrogens (tertiary/aromatic N) is 3. The first-order chi connectivity index (χ1) is 14.5. The number of benzene rings is 2. The van der Waals surface area contributed by atoms with Gasteiger partial charge in [-0.3, -0.25) is 14.2 Å². The summed E-state index contributed by atoms with van der Waals surface area (Å²) in [6.45, 7) is -0.400. The molecule has 3 aromatic rings. The van der Waals surface area contributed by atoms with Crippen molar-refractivity contribution in [3.8, 4) is 29.0 Å². The van der Waals surface area contributed by atoms with E-state index in [0.29, 0.717) is 22.7 Å². The molecular formula is C21H17FN4O4. The zero-order valence-electron chi connectivity index (χ0n) is 16.2. The van der Waals surface area contributed by atoms with Gasteiger partial charge in [-0.25, -0.2) is 9.37 Å². The number of rotatable bonds is 6. The molecular weight excluding hydrogens is 391 g/mol. The molecule has 0 aliphatic rings. The van der Waals surface area contributed by atoms with Crippen LogP contribution in [0.4, 0.5) is 10.1 Å². The first-order valence-corrected chi connectivity index (χ1v) is 8.74. The van der Waals surface area contributed by atoms with Crippen molar-refractivity contribution in [2.24, 2.45) is 0 Å². The van der Waals surface area contributed by atoms with Crippen LogP contribution in [0.3, 0.4) is 0 Å². The lowest BCUT2D eigenvalue weighted by Crippen LogP contribution is -2.31. The molecule has 30 heavy (non-hydrogen) atoms. The zero-order chi connectivity index (χ0) is 21.7. The Morgan fingerprint density at radius 3 is 2.50 bits per heavy atom. The zero-order valence-corrected chi connectivity index (χ0v) is 16.2. The summed E-state index contributed by atoms with van der Waals surface area (Å²) >= 11 is 0. The van der Waals surface area contributed by atoms with Crippen molar-refractivity contribution in [1.29, 1.82) is 5.26 Å². The molecule has 0 unspecified atom stereocenters. The predicted molar refractivity (Wildman–Crippen MR) is 107 cm³/mol. The molecule has 0 atom stereocenters. The molecule has 0 radical (unpaired) electrons. The van der Waals surface area contributed by atoms with Crippen molar-refractivity contribution in [1.82, 2.24) is 9.55 Å². The number of methoxy groups -OCH3 is 2. The van der Waals surface area contributed by atoms with E-state index in [1.165, 1.54) is 38.5 Å². The number of halogens is 1. The highest BCUT2D eigenvalue weighted by molar-refractivity contribution is 5.91. The number of carbonyl (C=O) groups excluding carboxylic acids is 1. The Hall–Kier alpha value is -4.19. The molecule has 0 aliphatic carbocycles. The molecule has 0 spiro atoms. The summed E-state index contributed by atoms with van der Waals surface area (Å²) in [7, 11) is 2.96. The van der Waals surface area contributed by atoms with E-state index in [0.717, 1.165) is 10.8 Å². The summed E-state index contributed by atoms with van der Waals surface area (Å²) in [5, 5.41) is 11.8. The topological polar surface area (TPSA) is 106 Å². The number of aromatic nitrogens is 2. The Balaban J connectivity index is 1.93. The summed E-state index contributed by atoms with van der Waals surface area (Å²) in [6, 6.07) is 11.9. The third-order valence-electron chi connectivity index (χ3n) is 4.24. The van der Waals surface area contributed by atoms with Crippen LogP contribution in [0.15, 0.2) is 53.5 Å². The van der Waals surface area contributed by atoms with Crippen LogP contribution in [-0.4, -0.2) is 29.7 Å². The molecule has 0 aliphatic heterocycles. The van der Waals surface area contributed by atoms with Crippen LogP contribution in [0.1, 0.15) is 5.56 Å². The van der Waals surface area contributed by atoms with Gasteiger partial charge < -0.3 is 14.8 Å². The van der Waals surface area contributed by atoms with Crippen LogP contribution in [0, 0.1) is 17.1 Å². The molecule has 1 heterocycles. The van der Waals surface area contributed by atoms with Crippen molar-refractivity contribution >= 4 is 11.6 Å². The SMILES string of the molecule is COc1ccc(NC(=O)Cn2c(-c3ccc(F)cc3)ncc(C#N)c2=O)cc1OC. The minimum atomic E-state index is -0.672. The predicted octanol–water partition coefficient (Wildman–Crippen LogP) is 2.58. The van der Waals surface area contributed by atoms with E-state index >= 15 is 0 Å². The smallest absolute Gasteiger partial charge is 0.272 e.